The summed E-state index contributed by atoms with van der Waals surface area (Å²) in [5.41, 5.74) is 0. The van der Waals surface area contributed by atoms with Crippen LogP contribution in [-0.4, -0.2) is 16.1 Å². The minimum atomic E-state index is 0.848. The molecule has 10 heavy (non-hydrogen) atoms. The van der Waals surface area contributed by atoms with Crippen molar-refractivity contribution in [2.24, 2.45) is 0 Å². The lowest BCUT2D eigenvalue weighted by molar-refractivity contribution is 0.598. The second-order valence-corrected chi connectivity index (χ2v) is 1.88. The van der Waals surface area contributed by atoms with Gasteiger partial charge in [-0.15, -0.1) is 0 Å². The minimum Gasteiger partial charge on any atom is -0.568 e. The normalized spacial score (nSPS) is 8.80. The van der Waals surface area contributed by atoms with Crippen LogP contribution in [0.2, 0.25) is 0 Å². The molecular formula is C6H8B2O2. The van der Waals surface area contributed by atoms with Crippen LogP contribution >= 0.6 is 0 Å². The molecule has 0 amide bonds. The Morgan fingerprint density at radius 2 is 1.10 bits per heavy atom. The van der Waals surface area contributed by atoms with Crippen molar-refractivity contribution in [2.45, 2.75) is 0 Å². The quantitative estimate of drug-likeness (QED) is 0.509. The lowest BCUT2D eigenvalue weighted by atomic mass is 10.3. The molecule has 1 rings (SSSR count). The molecule has 0 bridgehead atoms. The van der Waals surface area contributed by atoms with Crippen LogP contribution in [0, 0.1) is 0 Å². The first kappa shape index (κ1) is 7.06. The van der Waals surface area contributed by atoms with Gasteiger partial charge in [0.2, 0.25) is 0 Å². The standard InChI is InChI=1S/C6H8B2O2/c7-9-5-1-2-6(10-8)4-3-5/h1-4H,7-8H2. The number of rotatable bonds is 2. The first-order chi connectivity index (χ1) is 4.86. The molecule has 0 fully saturated rings. The van der Waals surface area contributed by atoms with E-state index in [0.717, 1.165) is 11.5 Å². The van der Waals surface area contributed by atoms with E-state index in [1.165, 1.54) is 0 Å². The van der Waals surface area contributed by atoms with Gasteiger partial charge >= 0.3 is 16.1 Å². The largest absolute Gasteiger partial charge is 0.568 e. The summed E-state index contributed by atoms with van der Waals surface area (Å²) in [6, 6.07) is 7.44. The molecule has 0 atom stereocenters. The molecule has 0 aliphatic heterocycles. The van der Waals surface area contributed by atoms with Crippen molar-refractivity contribution < 1.29 is 9.31 Å². The Morgan fingerprint density at radius 1 is 0.800 bits per heavy atom. The van der Waals surface area contributed by atoms with E-state index in [-0.39, 0.29) is 0 Å². The maximum Gasteiger partial charge on any atom is 0.322 e. The summed E-state index contributed by atoms with van der Waals surface area (Å²) in [4.78, 5) is 0. The van der Waals surface area contributed by atoms with Crippen LogP contribution in [0.15, 0.2) is 24.3 Å². The number of benzene rings is 1. The summed E-state index contributed by atoms with van der Waals surface area (Å²) in [5.74, 6) is 1.70. The Labute approximate surface area is 62.0 Å². The average molecular weight is 134 g/mol. The fraction of sp³-hybridized carbons (Fsp3) is 0. The highest BCUT2D eigenvalue weighted by molar-refractivity contribution is 6.00. The van der Waals surface area contributed by atoms with Crippen molar-refractivity contribution >= 4 is 16.1 Å². The van der Waals surface area contributed by atoms with E-state index < -0.39 is 0 Å². The lowest BCUT2D eigenvalue weighted by Crippen LogP contribution is -1.86. The van der Waals surface area contributed by atoms with Gasteiger partial charge in [0.1, 0.15) is 0 Å². The van der Waals surface area contributed by atoms with Crippen molar-refractivity contribution in [2.75, 3.05) is 0 Å². The van der Waals surface area contributed by atoms with Gasteiger partial charge in [0, 0.05) is 0 Å². The lowest BCUT2D eigenvalue weighted by Gasteiger charge is -2.01. The average Bonchev–Trinajstić information content (AvgIpc) is 2.05. The number of hydrogen-bond donors (Lipinski definition) is 0. The van der Waals surface area contributed by atoms with Crippen LogP contribution in [0.4, 0.5) is 0 Å². The van der Waals surface area contributed by atoms with Gasteiger partial charge in [-0.25, -0.2) is 0 Å². The van der Waals surface area contributed by atoms with E-state index in [0.29, 0.717) is 0 Å². The van der Waals surface area contributed by atoms with Gasteiger partial charge in [0.15, 0.2) is 0 Å². The van der Waals surface area contributed by atoms with Crippen LogP contribution in [0.25, 0.3) is 0 Å². The molecule has 0 N–H and O–H groups in total. The topological polar surface area (TPSA) is 18.5 Å². The fourth-order valence-electron chi connectivity index (χ4n) is 0.712. The van der Waals surface area contributed by atoms with E-state index >= 15 is 0 Å². The van der Waals surface area contributed by atoms with Crippen molar-refractivity contribution in [1.82, 2.24) is 0 Å². The molecule has 1 aromatic carbocycles. The third kappa shape index (κ3) is 1.47. The zero-order chi connectivity index (χ0) is 7.40. The first-order valence-corrected chi connectivity index (χ1v) is 3.05. The molecule has 0 radical (unpaired) electrons. The Hall–Kier alpha value is -1.05. The zero-order valence-electron chi connectivity index (χ0n) is 6.13. The van der Waals surface area contributed by atoms with E-state index in [4.69, 9.17) is 9.31 Å². The zero-order valence-corrected chi connectivity index (χ0v) is 6.13. The van der Waals surface area contributed by atoms with Gasteiger partial charge in [-0.3, -0.25) is 0 Å². The Balaban J connectivity index is 2.80. The van der Waals surface area contributed by atoms with Crippen LogP contribution in [0.5, 0.6) is 11.5 Å². The molecule has 1 aromatic rings. The van der Waals surface area contributed by atoms with Gasteiger partial charge in [0.05, 0.1) is 11.5 Å². The second kappa shape index (κ2) is 3.20. The van der Waals surface area contributed by atoms with Crippen molar-refractivity contribution in [3.05, 3.63) is 24.3 Å². The monoisotopic (exact) mass is 134 g/mol. The molecule has 0 aliphatic rings. The summed E-state index contributed by atoms with van der Waals surface area (Å²) < 4.78 is 9.92. The molecule has 0 saturated heterocycles. The van der Waals surface area contributed by atoms with Crippen molar-refractivity contribution in [1.29, 1.82) is 0 Å². The molecular weight excluding hydrogens is 126 g/mol. The van der Waals surface area contributed by atoms with Crippen LogP contribution in [-0.2, 0) is 0 Å². The molecule has 0 aromatic heterocycles. The van der Waals surface area contributed by atoms with Gasteiger partial charge < -0.3 is 9.31 Å². The fourth-order valence-corrected chi connectivity index (χ4v) is 0.712. The highest BCUT2D eigenvalue weighted by Gasteiger charge is 1.89. The molecule has 4 heteroatoms. The highest BCUT2D eigenvalue weighted by Crippen LogP contribution is 2.15. The third-order valence-corrected chi connectivity index (χ3v) is 1.30. The smallest absolute Gasteiger partial charge is 0.322 e. The van der Waals surface area contributed by atoms with E-state index in [1.807, 2.05) is 24.3 Å². The summed E-state index contributed by atoms with van der Waals surface area (Å²) >= 11 is 0. The number of hydrogen-bond acceptors (Lipinski definition) is 2. The maximum atomic E-state index is 4.96. The predicted molar refractivity (Wildman–Crippen MR) is 44.8 cm³/mol. The highest BCUT2D eigenvalue weighted by atomic mass is 16.4. The van der Waals surface area contributed by atoms with Crippen LogP contribution in [0.3, 0.4) is 0 Å². The van der Waals surface area contributed by atoms with Gasteiger partial charge in [-0.2, -0.15) is 0 Å². The molecule has 0 saturated carbocycles. The van der Waals surface area contributed by atoms with E-state index in [1.54, 1.807) is 16.1 Å². The minimum absolute atomic E-state index is 0.848. The Kier molecular flexibility index (Phi) is 2.26. The molecule has 0 unspecified atom stereocenters. The van der Waals surface area contributed by atoms with Gasteiger partial charge in [0.25, 0.3) is 0 Å². The van der Waals surface area contributed by atoms with Crippen molar-refractivity contribution in [3.8, 4) is 11.5 Å². The van der Waals surface area contributed by atoms with Gasteiger partial charge in [-0.1, -0.05) is 0 Å². The third-order valence-electron chi connectivity index (χ3n) is 1.30. The Morgan fingerprint density at radius 3 is 1.30 bits per heavy atom. The van der Waals surface area contributed by atoms with E-state index in [9.17, 15) is 0 Å². The second-order valence-electron chi connectivity index (χ2n) is 1.88. The van der Waals surface area contributed by atoms with Crippen LogP contribution < -0.4 is 9.31 Å². The SMILES string of the molecule is BOc1ccc(OB)cc1. The maximum absolute atomic E-state index is 4.96. The Bertz CT molecular complexity index is 174. The summed E-state index contributed by atoms with van der Waals surface area (Å²) in [5, 5.41) is 0. The van der Waals surface area contributed by atoms with E-state index in [2.05, 4.69) is 0 Å². The predicted octanol–water partition coefficient (Wildman–Crippen LogP) is -0.460. The molecule has 0 heterocycles. The molecule has 0 spiro atoms. The van der Waals surface area contributed by atoms with Crippen LogP contribution in [0.1, 0.15) is 0 Å². The summed E-state index contributed by atoms with van der Waals surface area (Å²) in [6.07, 6.45) is 0. The van der Waals surface area contributed by atoms with Crippen molar-refractivity contribution in [3.63, 3.8) is 0 Å². The van der Waals surface area contributed by atoms with Gasteiger partial charge in [-0.05, 0) is 24.3 Å². The first-order valence-electron chi connectivity index (χ1n) is 3.05. The molecule has 2 nitrogen and oxygen atoms in total. The summed E-state index contributed by atoms with van der Waals surface area (Å²) in [7, 11) is 3.28. The molecule has 50 valence electrons. The molecule has 0 aliphatic carbocycles. The summed E-state index contributed by atoms with van der Waals surface area (Å²) in [6.45, 7) is 0.